The molecule has 2 unspecified atom stereocenters. The number of aromatic nitrogens is 1. The zero-order chi connectivity index (χ0) is 58.4. The zero-order valence-corrected chi connectivity index (χ0v) is 50.5. The Labute approximate surface area is 463 Å². The maximum absolute atomic E-state index is 15.6. The van der Waals surface area contributed by atoms with Gasteiger partial charge in [0.05, 0.1) is 56.0 Å². The van der Waals surface area contributed by atoms with Gasteiger partial charge in [-0.1, -0.05) is 68.7 Å². The van der Waals surface area contributed by atoms with E-state index in [4.69, 9.17) is 19.3 Å². The minimum absolute atomic E-state index is 0.0145. The molecule has 3 aliphatic heterocycles. The lowest BCUT2D eigenvalue weighted by molar-refractivity contribution is -0.144. The average Bonchev–Trinajstić information content (AvgIpc) is 3.92. The molecule has 2 bridgehead atoms. The van der Waals surface area contributed by atoms with Crippen LogP contribution in [0.15, 0.2) is 23.2 Å². The number of hydrogen-bond donors (Lipinski definition) is 10. The Morgan fingerprint density at radius 3 is 2.04 bits per heavy atom. The number of carbonyl (C=O) groups excluding carboxylic acids is 9. The number of hydrogen-bond acceptors (Lipinski definition) is 14. The van der Waals surface area contributed by atoms with Gasteiger partial charge in [-0.05, 0) is 59.9 Å². The first kappa shape index (κ1) is 63.3. The van der Waals surface area contributed by atoms with E-state index in [-0.39, 0.29) is 35.3 Å². The van der Waals surface area contributed by atoms with Crippen molar-refractivity contribution >= 4 is 92.5 Å². The molecule has 434 valence electrons. The predicted molar refractivity (Wildman–Crippen MR) is 299 cm³/mol. The highest BCUT2D eigenvalue weighted by atomic mass is 32.2. The second-order valence-electron chi connectivity index (χ2n) is 23.9. The highest BCUT2D eigenvalue weighted by Gasteiger charge is 2.48. The molecular weight excluding hydrogens is 1060 g/mol. The topological polar surface area (TPSA) is 331 Å². The predicted octanol–water partition coefficient (Wildman–Crippen LogP) is 1.43. The highest BCUT2D eigenvalue weighted by Crippen LogP contribution is 2.41. The van der Waals surface area contributed by atoms with Gasteiger partial charge < -0.3 is 71.5 Å². The number of fused-ring (bicyclic) bond motifs is 5. The number of benzene rings is 1. The number of nitrogens with one attached hydrogen (secondary N) is 8. The van der Waals surface area contributed by atoms with Crippen molar-refractivity contribution < 1.29 is 61.8 Å². The van der Waals surface area contributed by atoms with Crippen molar-refractivity contribution in [1.29, 1.82) is 0 Å². The molecule has 1 aromatic heterocycles. The van der Waals surface area contributed by atoms with Gasteiger partial charge in [0.1, 0.15) is 42.0 Å². The molecule has 23 nitrogen and oxygen atoms in total. The largest absolute Gasteiger partial charge is 0.497 e. The van der Waals surface area contributed by atoms with Crippen molar-refractivity contribution in [3.63, 3.8) is 0 Å². The third-order valence-electron chi connectivity index (χ3n) is 16.1. The molecule has 9 amide bonds. The van der Waals surface area contributed by atoms with Crippen LogP contribution < -0.4 is 47.7 Å². The molecule has 1 aromatic carbocycles. The van der Waals surface area contributed by atoms with Crippen LogP contribution in [0.3, 0.4) is 0 Å². The van der Waals surface area contributed by atoms with Crippen molar-refractivity contribution in [3.05, 3.63) is 23.8 Å². The first-order valence-electron chi connectivity index (χ1n) is 26.6. The molecule has 78 heavy (non-hydrogen) atoms. The molecule has 5 rings (SSSR count). The minimum Gasteiger partial charge on any atom is -0.497 e. The van der Waals surface area contributed by atoms with Gasteiger partial charge in [-0.2, -0.15) is 0 Å². The van der Waals surface area contributed by atoms with Gasteiger partial charge in [0.25, 0.3) is 0 Å². The maximum atomic E-state index is 15.6. The van der Waals surface area contributed by atoms with E-state index < -0.39 is 156 Å². The van der Waals surface area contributed by atoms with Gasteiger partial charge in [0.2, 0.25) is 53.2 Å². The van der Waals surface area contributed by atoms with Crippen molar-refractivity contribution in [1.82, 2.24) is 47.1 Å². The zero-order valence-electron chi connectivity index (χ0n) is 47.6. The lowest BCUT2D eigenvalue weighted by atomic mass is 9.93. The van der Waals surface area contributed by atoms with Crippen LogP contribution in [0.5, 0.6) is 5.75 Å². The number of aliphatic hydroxyl groups excluding tert-OH is 1. The molecule has 3 aliphatic rings. The lowest BCUT2D eigenvalue weighted by Crippen LogP contribution is -2.62. The molecule has 1 fully saturated rings. The Morgan fingerprint density at radius 2 is 1.44 bits per heavy atom. The Kier molecular flexibility index (Phi) is 20.9. The summed E-state index contributed by atoms with van der Waals surface area (Å²) < 4.78 is 19.5. The quantitative estimate of drug-likeness (QED) is 0.135. The molecule has 26 heteroatoms. The summed E-state index contributed by atoms with van der Waals surface area (Å²) >= 11 is 1.05. The van der Waals surface area contributed by atoms with Crippen molar-refractivity contribution in [2.75, 3.05) is 39.1 Å². The Balaban J connectivity index is 1.78. The van der Waals surface area contributed by atoms with Crippen molar-refractivity contribution in [2.24, 2.45) is 17.6 Å². The lowest BCUT2D eigenvalue weighted by Gasteiger charge is -2.44. The van der Waals surface area contributed by atoms with Crippen LogP contribution >= 0.6 is 11.8 Å². The summed E-state index contributed by atoms with van der Waals surface area (Å²) in [7, 11) is -3.74. The van der Waals surface area contributed by atoms with Crippen LogP contribution in [0.4, 0.5) is 0 Å². The number of primary amides is 1. The number of aromatic amines is 1. The number of nitrogens with zero attached hydrogens (tertiary/aromatic N) is 1. The molecule has 11 N–H and O–H groups in total. The van der Waals surface area contributed by atoms with Crippen LogP contribution in [0.1, 0.15) is 87.1 Å². The van der Waals surface area contributed by atoms with E-state index in [2.05, 4.69) is 110 Å². The van der Waals surface area contributed by atoms with E-state index in [1.165, 1.54) is 7.11 Å². The summed E-state index contributed by atoms with van der Waals surface area (Å²) in [6.07, 6.45) is -3.01. The van der Waals surface area contributed by atoms with E-state index in [9.17, 15) is 38.7 Å². The SMILES string of the molecule is CC[C@H](C)[C@@H]1NC(=O)CNC(=O)[C@@H]2Cc3c([nH]c4cc(OC)ccc34)SC[C@H](NC(=O)CNC1=O)C(=O)N[C@@H](CC(N)=O)C(=O)N1C[C@H](O)CC1C(=O)N[C@@H]([C@@H](C)C(CO[Si](C)(C)C(C)(C)C)O[Si](C)(C)C(C)(C)C)C(=O)N2. The Morgan fingerprint density at radius 1 is 0.808 bits per heavy atom. The molecule has 4 heterocycles. The van der Waals surface area contributed by atoms with E-state index in [1.807, 2.05) is 0 Å². The van der Waals surface area contributed by atoms with Crippen molar-refractivity contribution in [2.45, 2.75) is 178 Å². The van der Waals surface area contributed by atoms with Gasteiger partial charge in [0, 0.05) is 42.5 Å². The van der Waals surface area contributed by atoms with E-state index in [0.717, 1.165) is 16.7 Å². The molecule has 0 radical (unpaired) electrons. The Bertz CT molecular complexity index is 2590. The second kappa shape index (κ2) is 25.7. The first-order chi connectivity index (χ1) is 36.2. The fourth-order valence-electron chi connectivity index (χ4n) is 8.86. The third kappa shape index (κ3) is 15.6. The summed E-state index contributed by atoms with van der Waals surface area (Å²) in [5, 5.41) is 30.3. The van der Waals surface area contributed by atoms with E-state index in [1.54, 1.807) is 39.0 Å². The van der Waals surface area contributed by atoms with Crippen LogP contribution in [0.2, 0.25) is 36.3 Å². The monoisotopic (exact) mass is 1140 g/mol. The summed E-state index contributed by atoms with van der Waals surface area (Å²) in [6.45, 7) is 24.3. The fourth-order valence-corrected chi connectivity index (χ4v) is 12.4. The molecule has 0 saturated carbocycles. The number of rotatable bonds is 12. The summed E-state index contributed by atoms with van der Waals surface area (Å²) in [5.74, 6) is -8.93. The smallest absolute Gasteiger partial charge is 0.246 e. The standard InChI is InChI=1S/C52H84N10O13SSi2/c1-15-27(2)42-47(70)55-22-40(65)56-36-26-76-49-32(31-17-16-30(73-10)19-33(31)59-49)20-34(44(67)54-23-41(66)60-42)57-48(71)43(28(3)38(75-78(13,14)52(7,8)9)25-74-77(11,12)51(4,5)6)61-46(69)37-18-29(63)24-62(37)50(72)35(21-39(53)64)58-45(36)68/h16-17,19,27-29,34-38,42-43,59,63H,15,18,20-26H2,1-14H3,(H2,53,64)(H,54,67)(H,55,70)(H,56,65)(H,57,71)(H,58,68)(H,60,66)(H,61,69)/t27-,28-,29+,34-,35-,36-,37?,38?,42-,43-/m0/s1. The summed E-state index contributed by atoms with van der Waals surface area (Å²) in [5.41, 5.74) is 6.67. The van der Waals surface area contributed by atoms with Crippen LogP contribution in [-0.4, -0.2) is 172 Å². The van der Waals surface area contributed by atoms with E-state index >= 15 is 9.59 Å². The van der Waals surface area contributed by atoms with Crippen LogP contribution in [0, 0.1) is 11.8 Å². The number of thioether (sulfide) groups is 1. The maximum Gasteiger partial charge on any atom is 0.246 e. The average molecular weight is 1150 g/mol. The highest BCUT2D eigenvalue weighted by molar-refractivity contribution is 7.99. The minimum atomic E-state index is -2.72. The number of H-pyrrole nitrogens is 1. The van der Waals surface area contributed by atoms with Gasteiger partial charge in [-0.15, -0.1) is 11.8 Å². The number of carbonyl (C=O) groups is 9. The van der Waals surface area contributed by atoms with E-state index in [0.29, 0.717) is 33.7 Å². The third-order valence-corrected chi connectivity index (χ3v) is 26.2. The molecule has 0 spiro atoms. The first-order valence-corrected chi connectivity index (χ1v) is 33.4. The summed E-state index contributed by atoms with van der Waals surface area (Å²) in [4.78, 5) is 133. The number of aliphatic hydroxyl groups is 1. The van der Waals surface area contributed by atoms with Crippen LogP contribution in [-0.2, 0) is 58.4 Å². The fraction of sp³-hybridized carbons (Fsp3) is 0.673. The second-order valence-corrected chi connectivity index (χ2v) is 34.5. The van der Waals surface area contributed by atoms with Crippen molar-refractivity contribution in [3.8, 4) is 5.75 Å². The van der Waals surface area contributed by atoms with Gasteiger partial charge in [-0.3, -0.25) is 43.2 Å². The number of amides is 9. The molecule has 0 aliphatic carbocycles. The van der Waals surface area contributed by atoms with Gasteiger partial charge in [0.15, 0.2) is 16.6 Å². The number of methoxy groups -OCH3 is 1. The number of nitrogens with two attached hydrogens (primary N) is 1. The summed E-state index contributed by atoms with van der Waals surface area (Å²) in [6, 6.07) is -3.73. The molecule has 2 aromatic rings. The van der Waals surface area contributed by atoms with Gasteiger partial charge in [-0.25, -0.2) is 0 Å². The molecule has 1 saturated heterocycles. The normalized spacial score (nSPS) is 25.5. The van der Waals surface area contributed by atoms with Crippen LogP contribution in [0.25, 0.3) is 10.9 Å². The number of ether oxygens (including phenoxy) is 1. The van der Waals surface area contributed by atoms with Gasteiger partial charge >= 0.3 is 0 Å². The molecule has 10 atom stereocenters. The molecular formula is C52H84N10O13SSi2. The Hall–Kier alpha value is -5.55.